The zero-order valence-electron chi connectivity index (χ0n) is 11.0. The molecular formula is C13H19ClN4O. The van der Waals surface area contributed by atoms with Gasteiger partial charge in [0.2, 0.25) is 0 Å². The first-order chi connectivity index (χ1) is 8.99. The second kappa shape index (κ2) is 5.75. The number of primary amides is 1. The molecule has 0 saturated carbocycles. The zero-order chi connectivity index (χ0) is 14.0. The second-order valence-electron chi connectivity index (χ2n) is 5.07. The maximum absolute atomic E-state index is 11.3. The first-order valence-electron chi connectivity index (χ1n) is 6.43. The van der Waals surface area contributed by atoms with Crippen molar-refractivity contribution in [2.24, 2.45) is 5.73 Å². The van der Waals surface area contributed by atoms with E-state index in [1.165, 1.54) is 18.9 Å². The Morgan fingerprint density at radius 1 is 1.58 bits per heavy atom. The number of nitrogens with two attached hydrogens (primary N) is 1. The third kappa shape index (κ3) is 3.16. The number of aromatic nitrogens is 1. The minimum absolute atomic E-state index is 0.135. The molecule has 104 valence electrons. The monoisotopic (exact) mass is 282 g/mol. The van der Waals surface area contributed by atoms with Crippen molar-refractivity contribution in [3.05, 3.63) is 28.3 Å². The molecule has 0 spiro atoms. The van der Waals surface area contributed by atoms with Gasteiger partial charge < -0.3 is 15.2 Å². The van der Waals surface area contributed by atoms with E-state index in [-0.39, 0.29) is 11.1 Å². The number of pyridine rings is 1. The van der Waals surface area contributed by atoms with Crippen LogP contribution in [-0.2, 0) is 6.54 Å². The first-order valence-corrected chi connectivity index (χ1v) is 6.81. The predicted molar refractivity (Wildman–Crippen MR) is 74.1 cm³/mol. The fourth-order valence-corrected chi connectivity index (χ4v) is 2.77. The van der Waals surface area contributed by atoms with Gasteiger partial charge in [-0.15, -0.1) is 0 Å². The number of rotatable bonds is 3. The highest BCUT2D eigenvalue weighted by Gasteiger charge is 2.20. The van der Waals surface area contributed by atoms with Crippen molar-refractivity contribution < 1.29 is 4.79 Å². The van der Waals surface area contributed by atoms with Gasteiger partial charge in [-0.2, -0.15) is 0 Å². The number of nitrogens with zero attached hydrogens (tertiary/aromatic N) is 2. The molecule has 5 nitrogen and oxygen atoms in total. The molecule has 6 heteroatoms. The molecule has 1 amide bonds. The SMILES string of the molecule is CN1CCCCC1Cn1cc(Cl)cc(C(N)=O)c1=N. The van der Waals surface area contributed by atoms with Gasteiger partial charge in [0.05, 0.1) is 10.6 Å². The van der Waals surface area contributed by atoms with E-state index in [0.717, 1.165) is 13.0 Å². The molecular weight excluding hydrogens is 264 g/mol. The fourth-order valence-electron chi connectivity index (χ4n) is 2.55. The van der Waals surface area contributed by atoms with Crippen LogP contribution in [0.4, 0.5) is 0 Å². The lowest BCUT2D eigenvalue weighted by Crippen LogP contribution is -2.42. The number of hydrogen-bond acceptors (Lipinski definition) is 3. The van der Waals surface area contributed by atoms with Crippen LogP contribution in [0.25, 0.3) is 0 Å². The van der Waals surface area contributed by atoms with Crippen molar-refractivity contribution in [3.8, 4) is 0 Å². The standard InChI is InChI=1S/C13H19ClN4O/c1-17-5-3-2-4-10(17)8-18-7-9(14)6-11(12(18)15)13(16)19/h6-7,10,15H,2-5,8H2,1H3,(H2,16,19). The Labute approximate surface area is 117 Å². The molecule has 2 heterocycles. The lowest BCUT2D eigenvalue weighted by molar-refractivity contribution is 0.0997. The van der Waals surface area contributed by atoms with Gasteiger partial charge in [0.25, 0.3) is 5.91 Å². The molecule has 1 fully saturated rings. The molecule has 1 atom stereocenters. The van der Waals surface area contributed by atoms with Crippen LogP contribution >= 0.6 is 11.6 Å². The highest BCUT2D eigenvalue weighted by molar-refractivity contribution is 6.30. The number of piperidine rings is 1. The van der Waals surface area contributed by atoms with Crippen molar-refractivity contribution >= 4 is 17.5 Å². The van der Waals surface area contributed by atoms with Gasteiger partial charge in [-0.3, -0.25) is 10.2 Å². The number of nitrogens with one attached hydrogen (secondary N) is 1. The Morgan fingerprint density at radius 3 is 2.95 bits per heavy atom. The summed E-state index contributed by atoms with van der Waals surface area (Å²) in [6, 6.07) is 1.83. The van der Waals surface area contributed by atoms with Crippen molar-refractivity contribution in [2.45, 2.75) is 31.8 Å². The molecule has 0 radical (unpaired) electrons. The summed E-state index contributed by atoms with van der Waals surface area (Å²) in [5, 5.41) is 8.48. The average Bonchev–Trinajstić information content (AvgIpc) is 2.35. The topological polar surface area (TPSA) is 75.1 Å². The number of likely N-dealkylation sites (N-methyl/N-ethyl adjacent to an activating group) is 1. The van der Waals surface area contributed by atoms with E-state index in [1.54, 1.807) is 10.8 Å². The number of halogens is 1. The summed E-state index contributed by atoms with van der Waals surface area (Å²) in [5.74, 6) is -0.613. The van der Waals surface area contributed by atoms with Crippen molar-refractivity contribution in [1.29, 1.82) is 5.41 Å². The number of likely N-dealkylation sites (tertiary alicyclic amines) is 1. The van der Waals surface area contributed by atoms with Crippen molar-refractivity contribution in [2.75, 3.05) is 13.6 Å². The van der Waals surface area contributed by atoms with Crippen LogP contribution < -0.4 is 11.2 Å². The molecule has 1 unspecified atom stereocenters. The molecule has 1 saturated heterocycles. The fraction of sp³-hybridized carbons (Fsp3) is 0.538. The largest absolute Gasteiger partial charge is 0.365 e. The van der Waals surface area contributed by atoms with Crippen molar-refractivity contribution in [1.82, 2.24) is 9.47 Å². The lowest BCUT2D eigenvalue weighted by Gasteiger charge is -2.33. The average molecular weight is 283 g/mol. The summed E-state index contributed by atoms with van der Waals surface area (Å²) in [6.45, 7) is 1.73. The molecule has 0 bridgehead atoms. The second-order valence-corrected chi connectivity index (χ2v) is 5.50. The Kier molecular flexibility index (Phi) is 4.27. The van der Waals surface area contributed by atoms with E-state index in [1.807, 2.05) is 0 Å². The summed E-state index contributed by atoms with van der Waals surface area (Å²) in [5.41, 5.74) is 5.58. The summed E-state index contributed by atoms with van der Waals surface area (Å²) >= 11 is 5.99. The number of carbonyl (C=O) groups is 1. The Hall–Kier alpha value is -1.33. The zero-order valence-corrected chi connectivity index (χ0v) is 11.8. The van der Waals surface area contributed by atoms with Crippen LogP contribution in [0.15, 0.2) is 12.3 Å². The molecule has 1 aliphatic rings. The lowest BCUT2D eigenvalue weighted by atomic mass is 10.0. The van der Waals surface area contributed by atoms with Gasteiger partial charge in [-0.25, -0.2) is 0 Å². The first kappa shape index (κ1) is 14.1. The van der Waals surface area contributed by atoms with Gasteiger partial charge in [-0.1, -0.05) is 18.0 Å². The maximum atomic E-state index is 11.3. The van der Waals surface area contributed by atoms with Crippen LogP contribution in [-0.4, -0.2) is 35.0 Å². The Bertz CT molecular complexity index is 540. The van der Waals surface area contributed by atoms with E-state index >= 15 is 0 Å². The molecule has 0 aliphatic carbocycles. The van der Waals surface area contributed by atoms with Crippen LogP contribution in [0.2, 0.25) is 5.02 Å². The van der Waals surface area contributed by atoms with Gasteiger partial charge >= 0.3 is 0 Å². The summed E-state index contributed by atoms with van der Waals surface area (Å²) in [4.78, 5) is 13.6. The molecule has 0 aromatic carbocycles. The smallest absolute Gasteiger partial charge is 0.252 e. The quantitative estimate of drug-likeness (QED) is 0.874. The van der Waals surface area contributed by atoms with Gasteiger partial charge in [-0.05, 0) is 32.5 Å². The molecule has 19 heavy (non-hydrogen) atoms. The number of amides is 1. The van der Waals surface area contributed by atoms with Crippen LogP contribution in [0.1, 0.15) is 29.6 Å². The minimum atomic E-state index is -0.613. The maximum Gasteiger partial charge on any atom is 0.252 e. The van der Waals surface area contributed by atoms with Gasteiger partial charge in [0.15, 0.2) is 0 Å². The van der Waals surface area contributed by atoms with Gasteiger partial charge in [0.1, 0.15) is 5.49 Å². The third-order valence-electron chi connectivity index (χ3n) is 3.70. The van der Waals surface area contributed by atoms with E-state index in [4.69, 9.17) is 22.7 Å². The number of carbonyl (C=O) groups excluding carboxylic acids is 1. The molecule has 1 aromatic rings. The van der Waals surface area contributed by atoms with Crippen LogP contribution in [0.3, 0.4) is 0 Å². The third-order valence-corrected chi connectivity index (χ3v) is 3.90. The van der Waals surface area contributed by atoms with Gasteiger partial charge in [0, 0.05) is 18.8 Å². The van der Waals surface area contributed by atoms with E-state index < -0.39 is 5.91 Å². The molecule has 1 aliphatic heterocycles. The highest BCUT2D eigenvalue weighted by atomic mass is 35.5. The van der Waals surface area contributed by atoms with E-state index in [2.05, 4.69) is 11.9 Å². The summed E-state index contributed by atoms with van der Waals surface area (Å²) in [7, 11) is 2.09. The molecule has 3 N–H and O–H groups in total. The van der Waals surface area contributed by atoms with Crippen molar-refractivity contribution in [3.63, 3.8) is 0 Å². The molecule has 2 rings (SSSR count). The minimum Gasteiger partial charge on any atom is -0.365 e. The normalized spacial score (nSPS) is 20.4. The predicted octanol–water partition coefficient (Wildman–Crippen LogP) is 1.20. The van der Waals surface area contributed by atoms with Crippen LogP contribution in [0, 0.1) is 5.41 Å². The summed E-state index contributed by atoms with van der Waals surface area (Å²) < 4.78 is 1.72. The summed E-state index contributed by atoms with van der Waals surface area (Å²) in [6.07, 6.45) is 5.21. The Balaban J connectivity index is 2.29. The molecule has 1 aromatic heterocycles. The Morgan fingerprint density at radius 2 is 2.32 bits per heavy atom. The number of hydrogen-bond donors (Lipinski definition) is 2. The van der Waals surface area contributed by atoms with Crippen LogP contribution in [0.5, 0.6) is 0 Å². The van der Waals surface area contributed by atoms with E-state index in [0.29, 0.717) is 17.6 Å². The van der Waals surface area contributed by atoms with E-state index in [9.17, 15) is 4.79 Å². The highest BCUT2D eigenvalue weighted by Crippen LogP contribution is 2.17.